The fraction of sp³-hybridized carbons (Fsp3) is 0.132. The van der Waals surface area contributed by atoms with E-state index in [-0.39, 0.29) is 35.5 Å². The van der Waals surface area contributed by atoms with E-state index in [0.29, 0.717) is 58.9 Å². The third kappa shape index (κ3) is 18.3. The van der Waals surface area contributed by atoms with Crippen molar-refractivity contribution in [2.75, 3.05) is 21.3 Å². The van der Waals surface area contributed by atoms with Crippen molar-refractivity contribution in [1.82, 2.24) is 121 Å². The molecule has 26 rings (SSSR count). The van der Waals surface area contributed by atoms with Crippen LogP contribution in [0.5, 0.6) is 0 Å². The van der Waals surface area contributed by atoms with Crippen molar-refractivity contribution in [3.8, 4) is 135 Å². The van der Waals surface area contributed by atoms with Crippen molar-refractivity contribution in [2.24, 2.45) is 11.8 Å². The van der Waals surface area contributed by atoms with Crippen LogP contribution in [-0.2, 0) is 19.2 Å². The number of benzene rings is 4. The minimum absolute atomic E-state index is 0.00423. The molecule has 0 saturated heterocycles. The van der Waals surface area contributed by atoms with E-state index in [1.807, 2.05) is 126 Å². The van der Waals surface area contributed by atoms with Gasteiger partial charge in [-0.15, -0.1) is 0 Å². The highest BCUT2D eigenvalue weighted by molar-refractivity contribution is 7.09. The highest BCUT2D eigenvalue weighted by Gasteiger charge is 2.31. The van der Waals surface area contributed by atoms with Crippen LogP contribution in [0.15, 0.2) is 264 Å². The van der Waals surface area contributed by atoms with Crippen LogP contribution >= 0.6 is 45.3 Å². The zero-order valence-electron chi connectivity index (χ0n) is 76.1. The molecule has 4 aromatic carbocycles. The van der Waals surface area contributed by atoms with Gasteiger partial charge in [-0.3, -0.25) is 79.4 Å². The number of imidazole rings is 4. The summed E-state index contributed by atoms with van der Waals surface area (Å²) in [6.07, 6.45) is 37.0. The number of pyridine rings is 8. The van der Waals surface area contributed by atoms with Gasteiger partial charge in [0.2, 0.25) is 23.6 Å². The Kier molecular flexibility index (Phi) is 24.2. The molecule has 696 valence electrons. The molecule has 20 aromatic heterocycles. The smallest absolute Gasteiger partial charge is 0.227 e. The van der Waals surface area contributed by atoms with Crippen molar-refractivity contribution in [3.05, 3.63) is 264 Å². The Morgan fingerprint density at radius 1 is 0.296 bits per heavy atom. The Balaban J connectivity index is 0.000000105. The van der Waals surface area contributed by atoms with Gasteiger partial charge in [0, 0.05) is 140 Å². The molecule has 32 nitrogen and oxygen atoms in total. The maximum absolute atomic E-state index is 12.4. The Bertz CT molecular complexity index is 8820. The molecule has 2 aliphatic carbocycles. The van der Waals surface area contributed by atoms with Crippen LogP contribution in [0.1, 0.15) is 78.1 Å². The van der Waals surface area contributed by atoms with Crippen molar-refractivity contribution in [1.29, 1.82) is 0 Å². The SMILES string of the molecule is CCCC(=O)Nc1cncc(-c2ccc3[nH]nc(-c4nc5c(-c6ccsc6)cncc5[nH]4)c3c2)c1.CCCCC(=O)Nc1cncc(-c2ccc3[nH]nc(-c4nc5c(-c6ccsc6)cncc5[nH]4)c3c2)c1.O=C(Nc1cncc(-c2ccc3[nH]nc(-c4nc5c(-c6ccsc6)cncc5[nH]4)c3c2)c1)C1CC1.O=C(Nc1cncc(-c2ccc3[nH]nc(-c4nc5c(-c6ccsc6)cncc5[nH]4)c3c2)c1)C1CCC1. The highest BCUT2D eigenvalue weighted by atomic mass is 32.1. The zero-order valence-corrected chi connectivity index (χ0v) is 79.3. The number of H-pyrrole nitrogens is 8. The number of hydrogen-bond donors (Lipinski definition) is 12. The molecule has 0 unspecified atom stereocenters. The fourth-order valence-corrected chi connectivity index (χ4v) is 20.0. The van der Waals surface area contributed by atoms with Crippen LogP contribution < -0.4 is 21.3 Å². The maximum atomic E-state index is 12.4. The normalized spacial score (nSPS) is 12.5. The summed E-state index contributed by atoms with van der Waals surface area (Å²) in [6.45, 7) is 4.05. The van der Waals surface area contributed by atoms with Crippen LogP contribution in [-0.4, -0.2) is 144 Å². The third-order valence-electron chi connectivity index (χ3n) is 25.1. The van der Waals surface area contributed by atoms with Gasteiger partial charge in [0.15, 0.2) is 23.3 Å². The van der Waals surface area contributed by atoms with Gasteiger partial charge in [-0.05, 0) is 223 Å². The van der Waals surface area contributed by atoms with Crippen molar-refractivity contribution in [3.63, 3.8) is 0 Å². The first-order valence-electron chi connectivity index (χ1n) is 46.3. The van der Waals surface area contributed by atoms with Gasteiger partial charge in [0.25, 0.3) is 0 Å². The number of nitrogens with zero attached hydrogens (tertiary/aromatic N) is 16. The number of unbranched alkanes of at least 4 members (excludes halogenated alkanes) is 1. The minimum atomic E-state index is -0.0137. The molecule has 0 spiro atoms. The molecule has 4 amide bonds. The molecule has 12 N–H and O–H groups in total. The van der Waals surface area contributed by atoms with Gasteiger partial charge < -0.3 is 41.2 Å². The van der Waals surface area contributed by atoms with Gasteiger partial charge in [-0.25, -0.2) is 19.9 Å². The number of carbonyl (C=O) groups excluding carboxylic acids is 4. The summed E-state index contributed by atoms with van der Waals surface area (Å²) in [5.41, 5.74) is 32.1. The number of rotatable bonds is 23. The van der Waals surface area contributed by atoms with E-state index in [1.165, 1.54) is 0 Å². The number of nitrogens with one attached hydrogen (secondary N) is 12. The number of aromatic amines is 8. The summed E-state index contributed by atoms with van der Waals surface area (Å²) in [6, 6.07) is 40.4. The van der Waals surface area contributed by atoms with E-state index >= 15 is 0 Å². The number of anilines is 4. The molecule has 2 aliphatic rings. The summed E-state index contributed by atoms with van der Waals surface area (Å²) >= 11 is 6.58. The van der Waals surface area contributed by atoms with E-state index in [0.717, 1.165) is 251 Å². The fourth-order valence-electron chi connectivity index (χ4n) is 17.4. The molecular weight excluding hydrogens is 1860 g/mol. The Morgan fingerprint density at radius 2 is 0.585 bits per heavy atom. The summed E-state index contributed by atoms with van der Waals surface area (Å²) in [5.74, 6) is 3.10. The molecule has 20 heterocycles. The first-order chi connectivity index (χ1) is 69.8. The largest absolute Gasteiger partial charge is 0.335 e. The summed E-state index contributed by atoms with van der Waals surface area (Å²) in [4.78, 5) is 117. The Morgan fingerprint density at radius 3 is 0.852 bits per heavy atom. The van der Waals surface area contributed by atoms with E-state index in [2.05, 4.69) is 199 Å². The van der Waals surface area contributed by atoms with Gasteiger partial charge in [-0.1, -0.05) is 51.0 Å². The van der Waals surface area contributed by atoms with Gasteiger partial charge in [-0.2, -0.15) is 65.7 Å². The number of thiophene rings is 4. The lowest BCUT2D eigenvalue weighted by Gasteiger charge is -2.24. The van der Waals surface area contributed by atoms with Crippen molar-refractivity contribution < 1.29 is 19.2 Å². The predicted molar refractivity (Wildman–Crippen MR) is 561 cm³/mol. The number of fused-ring (bicyclic) bond motifs is 8. The molecular formula is C106H84N28O4S4. The lowest BCUT2D eigenvalue weighted by Crippen LogP contribution is -2.28. The quantitative estimate of drug-likeness (QED) is 0.0283. The predicted octanol–water partition coefficient (Wildman–Crippen LogP) is 24.1. The van der Waals surface area contributed by atoms with E-state index in [4.69, 9.17) is 19.9 Å². The second-order valence-corrected chi connectivity index (χ2v) is 37.9. The molecule has 0 radical (unpaired) electrons. The number of carbonyl (C=O) groups is 4. The van der Waals surface area contributed by atoms with Gasteiger partial charge in [0.1, 0.15) is 44.8 Å². The Hall–Kier alpha value is -17.5. The van der Waals surface area contributed by atoms with Crippen LogP contribution in [0.25, 0.3) is 223 Å². The van der Waals surface area contributed by atoms with Crippen LogP contribution in [0, 0.1) is 11.8 Å². The van der Waals surface area contributed by atoms with Gasteiger partial charge >= 0.3 is 0 Å². The molecule has 0 aliphatic heterocycles. The minimum Gasteiger partial charge on any atom is -0.335 e. The number of amides is 4. The lowest BCUT2D eigenvalue weighted by molar-refractivity contribution is -0.122. The highest BCUT2D eigenvalue weighted by Crippen LogP contribution is 2.42. The van der Waals surface area contributed by atoms with Gasteiger partial charge in [0.05, 0.1) is 116 Å². The molecule has 24 aromatic rings. The van der Waals surface area contributed by atoms with Crippen molar-refractivity contribution in [2.45, 2.75) is 78.1 Å². The first kappa shape index (κ1) is 88.5. The van der Waals surface area contributed by atoms with Crippen molar-refractivity contribution >= 4 is 179 Å². The standard InChI is InChI=1S/C27H21N7OS.C27H23N7OS.C26H19N7OS.C26H21N7OS/c35-27(15-2-1-3-15)30-19-8-18(10-28-11-19)16-4-5-22-20(9-16)25(34-33-22)26-31-23-13-29-12-21(24(23)32-26)17-6-7-36-14-17;1-2-3-4-24(35)30-19-9-18(11-28-12-19)16-5-6-22-20(10-16)26(34-33-22)27-31-23-14-29-13-21(25(23)32-27)17-7-8-36-15-17;34-26(14-1-2-14)29-18-7-17(9-27-10-18)15-3-4-21-19(8-15)24(33-32-21)25-30-22-12-28-11-20(23(22)31-25)16-5-6-35-13-16;1-2-3-23(34)29-18-8-17(10-27-11-18)15-4-5-21-19(9-15)25(33-32-21)26-30-22-13-28-12-20(24(22)31-26)16-6-7-35-14-16/h4-15H,1-3H2,(H,30,35)(H,31,32)(H,33,34);5-15H,2-4H2,1H3,(H,30,35)(H,31,32)(H,33,34);3-14H,1-2H2,(H,29,34)(H,30,31)(H,32,33);4-14H,2-3H2,1H3,(H,29,34)(H,30,31)(H,32,33). The Labute approximate surface area is 823 Å². The van der Waals surface area contributed by atoms with Crippen LogP contribution in [0.4, 0.5) is 22.7 Å². The maximum Gasteiger partial charge on any atom is 0.227 e. The molecule has 0 bridgehead atoms. The number of hydrogen-bond acceptors (Lipinski definition) is 24. The summed E-state index contributed by atoms with van der Waals surface area (Å²) < 4.78 is 0. The van der Waals surface area contributed by atoms with Crippen LogP contribution in [0.2, 0.25) is 0 Å². The van der Waals surface area contributed by atoms with E-state index < -0.39 is 0 Å². The topological polar surface area (TPSA) is 449 Å². The number of aromatic nitrogens is 24. The molecule has 2 saturated carbocycles. The second kappa shape index (κ2) is 38.8. The zero-order chi connectivity index (χ0) is 95.7. The van der Waals surface area contributed by atoms with E-state index in [1.54, 1.807) is 120 Å². The van der Waals surface area contributed by atoms with E-state index in [9.17, 15) is 19.2 Å². The third-order valence-corrected chi connectivity index (χ3v) is 27.8. The molecule has 36 heteroatoms. The first-order valence-corrected chi connectivity index (χ1v) is 50.0. The van der Waals surface area contributed by atoms with Crippen LogP contribution in [0.3, 0.4) is 0 Å². The molecule has 2 fully saturated rings. The summed E-state index contributed by atoms with van der Waals surface area (Å²) in [5, 5.41) is 62.9. The average molecular weight is 1940 g/mol. The molecule has 0 atom stereocenters. The second-order valence-electron chi connectivity index (χ2n) is 34.7. The summed E-state index contributed by atoms with van der Waals surface area (Å²) in [7, 11) is 0. The monoisotopic (exact) mass is 1940 g/mol. The molecule has 142 heavy (non-hydrogen) atoms. The average Bonchev–Trinajstić information content (AvgIpc) is 1.62. The lowest BCUT2D eigenvalue weighted by atomic mass is 9.85.